The Morgan fingerprint density at radius 1 is 0.761 bits per heavy atom. The minimum Gasteiger partial charge on any atom is -0.490 e. The van der Waals surface area contributed by atoms with Gasteiger partial charge in [-0.15, -0.1) is 0 Å². The summed E-state index contributed by atoms with van der Waals surface area (Å²) in [6.07, 6.45) is 6.52. The molecule has 0 aliphatic carbocycles. The van der Waals surface area contributed by atoms with Crippen LogP contribution in [0.4, 0.5) is 17.6 Å². The Hall–Kier alpha value is -4.02. The predicted octanol–water partition coefficient (Wildman–Crippen LogP) is 9.69. The van der Waals surface area contributed by atoms with Crippen molar-refractivity contribution in [2.75, 3.05) is 6.61 Å². The second-order valence-corrected chi connectivity index (χ2v) is 11.1. The van der Waals surface area contributed by atoms with Crippen molar-refractivity contribution in [3.8, 4) is 22.9 Å². The standard InChI is InChI=1S/C35H42F4N2O5/c1-3-5-7-9-10-11-13-21-44-28-23-40-32(41-24-28)25-15-17-26(18-16-25)33(42)45-30-20-19-27(22-29(30)36)34(43)46-31(35(37,38)39)14-12-8-6-4-2/h15-20,22-24,31H,3-14,21H2,1-2H3. The van der Waals surface area contributed by atoms with Crippen LogP contribution in [0, 0.1) is 5.82 Å². The number of aromatic nitrogens is 2. The third-order valence-corrected chi connectivity index (χ3v) is 7.33. The lowest BCUT2D eigenvalue weighted by Gasteiger charge is -2.20. The molecule has 11 heteroatoms. The lowest BCUT2D eigenvalue weighted by atomic mass is 10.1. The number of nitrogens with zero attached hydrogens (tertiary/aromatic N) is 2. The molecule has 0 amide bonds. The number of esters is 2. The molecule has 0 radical (unpaired) electrons. The Morgan fingerprint density at radius 3 is 1.96 bits per heavy atom. The van der Waals surface area contributed by atoms with E-state index in [1.54, 1.807) is 24.5 Å². The minimum atomic E-state index is -4.75. The second-order valence-electron chi connectivity index (χ2n) is 11.1. The topological polar surface area (TPSA) is 87.6 Å². The molecule has 1 atom stereocenters. The van der Waals surface area contributed by atoms with Crippen LogP contribution < -0.4 is 9.47 Å². The molecule has 2 aromatic carbocycles. The molecule has 0 bridgehead atoms. The van der Waals surface area contributed by atoms with Crippen molar-refractivity contribution in [2.24, 2.45) is 0 Å². The summed E-state index contributed by atoms with van der Waals surface area (Å²) in [7, 11) is 0. The van der Waals surface area contributed by atoms with Crippen LogP contribution in [-0.4, -0.2) is 40.8 Å². The zero-order chi connectivity index (χ0) is 33.4. The number of carbonyl (C=O) groups excluding carboxylic acids is 2. The number of benzene rings is 2. The average molecular weight is 647 g/mol. The Kier molecular flexibility index (Phi) is 14.9. The third kappa shape index (κ3) is 12.1. The highest BCUT2D eigenvalue weighted by molar-refractivity contribution is 5.92. The molecule has 0 saturated heterocycles. The monoisotopic (exact) mass is 646 g/mol. The number of unbranched alkanes of at least 4 members (excludes halogenated alkanes) is 9. The van der Waals surface area contributed by atoms with Gasteiger partial charge in [-0.3, -0.25) is 0 Å². The first kappa shape index (κ1) is 36.4. The van der Waals surface area contributed by atoms with E-state index in [-0.39, 0.29) is 18.4 Å². The fraction of sp³-hybridized carbons (Fsp3) is 0.486. The maximum Gasteiger partial charge on any atom is 0.425 e. The normalized spacial score (nSPS) is 12.0. The van der Waals surface area contributed by atoms with Crippen molar-refractivity contribution in [1.29, 1.82) is 0 Å². The van der Waals surface area contributed by atoms with Crippen molar-refractivity contribution in [3.63, 3.8) is 0 Å². The second kappa shape index (κ2) is 18.8. The first-order valence-electron chi connectivity index (χ1n) is 16.0. The summed E-state index contributed by atoms with van der Waals surface area (Å²) in [6, 6.07) is 8.87. The Morgan fingerprint density at radius 2 is 1.35 bits per heavy atom. The zero-order valence-corrected chi connectivity index (χ0v) is 26.4. The molecule has 1 aromatic heterocycles. The SMILES string of the molecule is CCCCCCCCCOc1cnc(-c2ccc(C(=O)Oc3ccc(C(=O)OC(CCCCCC)C(F)(F)F)cc3F)cc2)nc1. The van der Waals surface area contributed by atoms with Gasteiger partial charge < -0.3 is 14.2 Å². The lowest BCUT2D eigenvalue weighted by Crippen LogP contribution is -2.33. The number of alkyl halides is 3. The van der Waals surface area contributed by atoms with Crippen molar-refractivity contribution in [1.82, 2.24) is 9.97 Å². The van der Waals surface area contributed by atoms with Gasteiger partial charge in [0.05, 0.1) is 30.1 Å². The molecule has 250 valence electrons. The highest BCUT2D eigenvalue weighted by Crippen LogP contribution is 2.29. The molecular formula is C35H42F4N2O5. The summed E-state index contributed by atoms with van der Waals surface area (Å²) in [5.41, 5.74) is 0.308. The zero-order valence-electron chi connectivity index (χ0n) is 26.4. The van der Waals surface area contributed by atoms with Gasteiger partial charge in [-0.25, -0.2) is 23.9 Å². The number of hydrogen-bond donors (Lipinski definition) is 0. The molecule has 1 heterocycles. The molecular weight excluding hydrogens is 604 g/mol. The number of carbonyl (C=O) groups is 2. The highest BCUT2D eigenvalue weighted by Gasteiger charge is 2.42. The first-order chi connectivity index (χ1) is 22.1. The van der Waals surface area contributed by atoms with Gasteiger partial charge in [-0.2, -0.15) is 13.2 Å². The summed E-state index contributed by atoms with van der Waals surface area (Å²) in [4.78, 5) is 33.6. The molecule has 0 fully saturated rings. The Balaban J connectivity index is 1.51. The van der Waals surface area contributed by atoms with Gasteiger partial charge in [-0.1, -0.05) is 83.8 Å². The van der Waals surface area contributed by atoms with Gasteiger partial charge in [0.15, 0.2) is 29.2 Å². The van der Waals surface area contributed by atoms with Crippen LogP contribution in [0.5, 0.6) is 11.5 Å². The van der Waals surface area contributed by atoms with Crippen molar-refractivity contribution >= 4 is 11.9 Å². The maximum absolute atomic E-state index is 14.7. The quantitative estimate of drug-likeness (QED) is 0.0555. The van der Waals surface area contributed by atoms with Crippen LogP contribution in [0.25, 0.3) is 11.4 Å². The largest absolute Gasteiger partial charge is 0.490 e. The fourth-order valence-electron chi connectivity index (χ4n) is 4.66. The smallest absolute Gasteiger partial charge is 0.425 e. The summed E-state index contributed by atoms with van der Waals surface area (Å²) in [5, 5.41) is 0. The number of halogens is 4. The van der Waals surface area contributed by atoms with Gasteiger partial charge in [0, 0.05) is 5.56 Å². The van der Waals surface area contributed by atoms with Crippen LogP contribution >= 0.6 is 0 Å². The molecule has 0 spiro atoms. The van der Waals surface area contributed by atoms with E-state index in [4.69, 9.17) is 9.47 Å². The van der Waals surface area contributed by atoms with Crippen molar-refractivity contribution in [3.05, 3.63) is 71.8 Å². The summed E-state index contributed by atoms with van der Waals surface area (Å²) in [5.74, 6) is -2.80. The predicted molar refractivity (Wildman–Crippen MR) is 166 cm³/mol. The molecule has 3 aromatic rings. The Bertz CT molecular complexity index is 1360. The fourth-order valence-corrected chi connectivity index (χ4v) is 4.66. The molecule has 0 N–H and O–H groups in total. The lowest BCUT2D eigenvalue weighted by molar-refractivity contribution is -0.206. The van der Waals surface area contributed by atoms with Crippen LogP contribution in [0.15, 0.2) is 54.9 Å². The third-order valence-electron chi connectivity index (χ3n) is 7.33. The summed E-state index contributed by atoms with van der Waals surface area (Å²) >= 11 is 0. The van der Waals surface area contributed by atoms with E-state index >= 15 is 0 Å². The molecule has 3 rings (SSSR count). The van der Waals surface area contributed by atoms with E-state index in [0.29, 0.717) is 36.2 Å². The molecule has 1 unspecified atom stereocenters. The molecule has 0 saturated carbocycles. The van der Waals surface area contributed by atoms with E-state index in [9.17, 15) is 27.2 Å². The highest BCUT2D eigenvalue weighted by atomic mass is 19.4. The molecule has 46 heavy (non-hydrogen) atoms. The van der Waals surface area contributed by atoms with Gasteiger partial charge >= 0.3 is 18.1 Å². The van der Waals surface area contributed by atoms with Gasteiger partial charge in [-0.05, 0) is 49.6 Å². The van der Waals surface area contributed by atoms with E-state index in [1.165, 1.54) is 44.2 Å². The van der Waals surface area contributed by atoms with Crippen molar-refractivity contribution in [2.45, 2.75) is 103 Å². The molecule has 0 aliphatic rings. The summed E-state index contributed by atoms with van der Waals surface area (Å²) in [6.45, 7) is 4.72. The number of hydrogen-bond acceptors (Lipinski definition) is 7. The van der Waals surface area contributed by atoms with Gasteiger partial charge in [0.25, 0.3) is 0 Å². The minimum absolute atomic E-state index is 0.109. The van der Waals surface area contributed by atoms with Gasteiger partial charge in [0.1, 0.15) is 0 Å². The Labute approximate surface area is 267 Å². The van der Waals surface area contributed by atoms with Crippen LogP contribution in [-0.2, 0) is 4.74 Å². The average Bonchev–Trinajstić information content (AvgIpc) is 3.04. The first-order valence-corrected chi connectivity index (χ1v) is 16.0. The van der Waals surface area contributed by atoms with E-state index in [1.807, 2.05) is 6.92 Å². The van der Waals surface area contributed by atoms with E-state index in [0.717, 1.165) is 37.8 Å². The van der Waals surface area contributed by atoms with E-state index < -0.39 is 41.3 Å². The number of ether oxygens (including phenoxy) is 3. The van der Waals surface area contributed by atoms with Crippen LogP contribution in [0.3, 0.4) is 0 Å². The van der Waals surface area contributed by atoms with Crippen molar-refractivity contribution < 1.29 is 41.4 Å². The maximum atomic E-state index is 14.7. The van der Waals surface area contributed by atoms with Crippen LogP contribution in [0.1, 0.15) is 112 Å². The molecule has 7 nitrogen and oxygen atoms in total. The molecule has 0 aliphatic heterocycles. The summed E-state index contributed by atoms with van der Waals surface area (Å²) < 4.78 is 70.3. The van der Waals surface area contributed by atoms with E-state index in [2.05, 4.69) is 21.6 Å². The number of rotatable bonds is 19. The van der Waals surface area contributed by atoms with Gasteiger partial charge in [0.2, 0.25) is 0 Å². The van der Waals surface area contributed by atoms with Crippen LogP contribution in [0.2, 0.25) is 0 Å².